The minimum absolute atomic E-state index is 0.0474. The molecule has 0 saturated carbocycles. The van der Waals surface area contributed by atoms with Crippen LogP contribution in [-0.2, 0) is 6.61 Å². The summed E-state index contributed by atoms with van der Waals surface area (Å²) >= 11 is 0. The van der Waals surface area contributed by atoms with Crippen LogP contribution in [0, 0.1) is 13.8 Å². The maximum Gasteiger partial charge on any atom is 0.163 e. The maximum absolute atomic E-state index is 11.6. The first-order valence-electron chi connectivity index (χ1n) is 6.57. The molecule has 2 N–H and O–H groups in total. The second-order valence-electron chi connectivity index (χ2n) is 4.97. The van der Waals surface area contributed by atoms with Gasteiger partial charge in [-0.3, -0.25) is 4.79 Å². The molecule has 20 heavy (non-hydrogen) atoms. The number of nitrogen functional groups attached to an aromatic ring is 1. The van der Waals surface area contributed by atoms with Crippen LogP contribution in [0.15, 0.2) is 36.4 Å². The van der Waals surface area contributed by atoms with Gasteiger partial charge in [0, 0.05) is 5.69 Å². The molecule has 0 aliphatic rings. The minimum Gasteiger partial charge on any atom is -0.488 e. The van der Waals surface area contributed by atoms with Crippen molar-refractivity contribution in [3.8, 4) is 5.75 Å². The van der Waals surface area contributed by atoms with Crippen molar-refractivity contribution in [3.05, 3.63) is 58.7 Å². The van der Waals surface area contributed by atoms with E-state index in [9.17, 15) is 4.79 Å². The van der Waals surface area contributed by atoms with Gasteiger partial charge in [-0.2, -0.15) is 0 Å². The molecular formula is C17H19NO2. The lowest BCUT2D eigenvalue weighted by Crippen LogP contribution is -2.05. The Bertz CT molecular complexity index is 627. The lowest BCUT2D eigenvalue weighted by molar-refractivity contribution is 0.101. The van der Waals surface area contributed by atoms with Crippen molar-refractivity contribution >= 4 is 11.5 Å². The van der Waals surface area contributed by atoms with Crippen LogP contribution >= 0.6 is 0 Å². The molecule has 2 rings (SSSR count). The summed E-state index contributed by atoms with van der Waals surface area (Å²) in [7, 11) is 0. The van der Waals surface area contributed by atoms with Gasteiger partial charge in [0.1, 0.15) is 12.4 Å². The van der Waals surface area contributed by atoms with Crippen LogP contribution in [0.2, 0.25) is 0 Å². The molecule has 2 aromatic carbocycles. The van der Waals surface area contributed by atoms with E-state index in [1.54, 1.807) is 18.2 Å². The Labute approximate surface area is 119 Å². The fourth-order valence-corrected chi connectivity index (χ4v) is 2.18. The van der Waals surface area contributed by atoms with Gasteiger partial charge in [-0.1, -0.05) is 18.2 Å². The van der Waals surface area contributed by atoms with Crippen molar-refractivity contribution in [2.45, 2.75) is 27.4 Å². The second kappa shape index (κ2) is 5.78. The first-order valence-corrected chi connectivity index (χ1v) is 6.57. The lowest BCUT2D eigenvalue weighted by atomic mass is 10.0. The van der Waals surface area contributed by atoms with Crippen molar-refractivity contribution in [3.63, 3.8) is 0 Å². The molecule has 0 saturated heterocycles. The number of carbonyl (C=O) groups excluding carboxylic acids is 1. The molecule has 0 bridgehead atoms. The average molecular weight is 269 g/mol. The number of aryl methyl sites for hydroxylation is 2. The van der Waals surface area contributed by atoms with E-state index >= 15 is 0 Å². The van der Waals surface area contributed by atoms with Gasteiger partial charge in [0.05, 0.1) is 5.56 Å². The molecule has 0 atom stereocenters. The van der Waals surface area contributed by atoms with Gasteiger partial charge in [0.2, 0.25) is 0 Å². The van der Waals surface area contributed by atoms with Gasteiger partial charge < -0.3 is 10.5 Å². The van der Waals surface area contributed by atoms with Crippen molar-refractivity contribution in [2.24, 2.45) is 0 Å². The molecule has 0 aromatic heterocycles. The quantitative estimate of drug-likeness (QED) is 0.680. The summed E-state index contributed by atoms with van der Waals surface area (Å²) in [5.41, 5.74) is 10.3. The highest BCUT2D eigenvalue weighted by Crippen LogP contribution is 2.24. The number of ether oxygens (including phenoxy) is 1. The molecule has 0 heterocycles. The van der Waals surface area contributed by atoms with Crippen molar-refractivity contribution in [1.82, 2.24) is 0 Å². The fraction of sp³-hybridized carbons (Fsp3) is 0.235. The Hall–Kier alpha value is -2.29. The molecular weight excluding hydrogens is 250 g/mol. The number of Topliss-reactive ketones (excluding diaryl/α,β-unsaturated/α-hetero) is 1. The largest absolute Gasteiger partial charge is 0.488 e. The predicted octanol–water partition coefficient (Wildman–Crippen LogP) is 3.67. The van der Waals surface area contributed by atoms with E-state index in [2.05, 4.69) is 26.0 Å². The molecule has 0 radical (unpaired) electrons. The topological polar surface area (TPSA) is 52.3 Å². The number of benzene rings is 2. The summed E-state index contributed by atoms with van der Waals surface area (Å²) in [5, 5.41) is 0. The standard InChI is InChI=1S/C17H19NO2/c1-11-5-4-6-12(2)16(11)10-20-17-8-7-14(18)9-15(17)13(3)19/h4-9H,10,18H2,1-3H3. The van der Waals surface area contributed by atoms with Crippen LogP contribution in [0.4, 0.5) is 5.69 Å². The highest BCUT2D eigenvalue weighted by atomic mass is 16.5. The van der Waals surface area contributed by atoms with Crippen LogP contribution in [0.1, 0.15) is 34.0 Å². The second-order valence-corrected chi connectivity index (χ2v) is 4.97. The van der Waals surface area contributed by atoms with Gasteiger partial charge in [-0.05, 0) is 55.7 Å². The Kier molecular flexibility index (Phi) is 4.08. The van der Waals surface area contributed by atoms with E-state index in [0.29, 0.717) is 23.6 Å². The Morgan fingerprint density at radius 3 is 2.40 bits per heavy atom. The summed E-state index contributed by atoms with van der Waals surface area (Å²) in [6, 6.07) is 11.3. The van der Waals surface area contributed by atoms with E-state index in [1.807, 2.05) is 6.07 Å². The van der Waals surface area contributed by atoms with E-state index in [0.717, 1.165) is 5.56 Å². The van der Waals surface area contributed by atoms with E-state index < -0.39 is 0 Å². The molecule has 3 heteroatoms. The van der Waals surface area contributed by atoms with Gasteiger partial charge >= 0.3 is 0 Å². The molecule has 0 aliphatic carbocycles. The number of rotatable bonds is 4. The number of carbonyl (C=O) groups is 1. The van der Waals surface area contributed by atoms with Crippen molar-refractivity contribution in [2.75, 3.05) is 5.73 Å². The third-order valence-electron chi connectivity index (χ3n) is 3.40. The van der Waals surface area contributed by atoms with Crippen LogP contribution in [0.3, 0.4) is 0 Å². The Balaban J connectivity index is 2.25. The molecule has 0 spiro atoms. The molecule has 0 aliphatic heterocycles. The summed E-state index contributed by atoms with van der Waals surface area (Å²) in [6.07, 6.45) is 0. The molecule has 2 aromatic rings. The average Bonchev–Trinajstić information content (AvgIpc) is 2.39. The zero-order chi connectivity index (χ0) is 14.7. The summed E-state index contributed by atoms with van der Waals surface area (Å²) in [5.74, 6) is 0.531. The van der Waals surface area contributed by atoms with E-state index in [-0.39, 0.29) is 5.78 Å². The van der Waals surface area contributed by atoms with Crippen molar-refractivity contribution < 1.29 is 9.53 Å². The van der Waals surface area contributed by atoms with Crippen molar-refractivity contribution in [1.29, 1.82) is 0 Å². The Morgan fingerprint density at radius 1 is 1.15 bits per heavy atom. The van der Waals surface area contributed by atoms with Gasteiger partial charge in [0.25, 0.3) is 0 Å². The third kappa shape index (κ3) is 2.99. The highest BCUT2D eigenvalue weighted by molar-refractivity contribution is 5.97. The van der Waals surface area contributed by atoms with Crippen LogP contribution in [-0.4, -0.2) is 5.78 Å². The zero-order valence-electron chi connectivity index (χ0n) is 12.1. The van der Waals surface area contributed by atoms with E-state index in [4.69, 9.17) is 10.5 Å². The number of nitrogens with two attached hydrogens (primary N) is 1. The number of anilines is 1. The lowest BCUT2D eigenvalue weighted by Gasteiger charge is -2.13. The molecule has 0 amide bonds. The van der Waals surface area contributed by atoms with Crippen LogP contribution < -0.4 is 10.5 Å². The summed E-state index contributed by atoms with van der Waals surface area (Å²) in [6.45, 7) is 6.07. The molecule has 104 valence electrons. The maximum atomic E-state index is 11.6. The van der Waals surface area contributed by atoms with Crippen LogP contribution in [0.25, 0.3) is 0 Å². The number of hydrogen-bond acceptors (Lipinski definition) is 3. The highest BCUT2D eigenvalue weighted by Gasteiger charge is 2.10. The normalized spacial score (nSPS) is 10.3. The Morgan fingerprint density at radius 2 is 1.80 bits per heavy atom. The van der Waals surface area contributed by atoms with Gasteiger partial charge in [0.15, 0.2) is 5.78 Å². The minimum atomic E-state index is -0.0474. The SMILES string of the molecule is CC(=O)c1cc(N)ccc1OCc1c(C)cccc1C. The first kappa shape index (κ1) is 14.1. The van der Waals surface area contributed by atoms with E-state index in [1.165, 1.54) is 18.1 Å². The number of hydrogen-bond donors (Lipinski definition) is 1. The van der Waals surface area contributed by atoms with Crippen LogP contribution in [0.5, 0.6) is 5.75 Å². The third-order valence-corrected chi connectivity index (χ3v) is 3.40. The monoisotopic (exact) mass is 269 g/mol. The van der Waals surface area contributed by atoms with Gasteiger partial charge in [-0.25, -0.2) is 0 Å². The molecule has 0 fully saturated rings. The fourth-order valence-electron chi connectivity index (χ4n) is 2.18. The van der Waals surface area contributed by atoms with Gasteiger partial charge in [-0.15, -0.1) is 0 Å². The smallest absolute Gasteiger partial charge is 0.163 e. The summed E-state index contributed by atoms with van der Waals surface area (Å²) < 4.78 is 5.82. The predicted molar refractivity (Wildman–Crippen MR) is 81.1 cm³/mol. The number of ketones is 1. The first-order chi connectivity index (χ1) is 9.49. The summed E-state index contributed by atoms with van der Waals surface area (Å²) in [4.78, 5) is 11.6. The molecule has 3 nitrogen and oxygen atoms in total. The zero-order valence-corrected chi connectivity index (χ0v) is 12.1. The molecule has 0 unspecified atom stereocenters.